The van der Waals surface area contributed by atoms with Crippen molar-refractivity contribution in [1.82, 2.24) is 0 Å². The van der Waals surface area contributed by atoms with Gasteiger partial charge in [-0.15, -0.1) is 11.3 Å². The molecular weight excluding hydrogens is 370 g/mol. The molecule has 0 spiro atoms. The molecule has 0 bridgehead atoms. The molecule has 1 heterocycles. The monoisotopic (exact) mass is 393 g/mol. The van der Waals surface area contributed by atoms with Crippen molar-refractivity contribution in [1.29, 1.82) is 0 Å². The van der Waals surface area contributed by atoms with Crippen molar-refractivity contribution in [2.75, 3.05) is 12.4 Å². The number of benzene rings is 2. The summed E-state index contributed by atoms with van der Waals surface area (Å²) in [5, 5.41) is 3.54. The van der Waals surface area contributed by atoms with E-state index in [4.69, 9.17) is 4.74 Å². The van der Waals surface area contributed by atoms with Crippen LogP contribution in [0.4, 0.5) is 5.00 Å². The van der Waals surface area contributed by atoms with E-state index in [2.05, 4.69) is 5.32 Å². The van der Waals surface area contributed by atoms with Gasteiger partial charge in [0.25, 0.3) is 0 Å². The molecule has 144 valence electrons. The minimum absolute atomic E-state index is 0.175. The summed E-state index contributed by atoms with van der Waals surface area (Å²) in [6.45, 7) is 3.95. The number of hydrogen-bond acceptors (Lipinski definition) is 4. The molecule has 3 rings (SSSR count). The maximum absolute atomic E-state index is 13.3. The third-order valence-corrected chi connectivity index (χ3v) is 5.78. The van der Waals surface area contributed by atoms with Gasteiger partial charge in [0.05, 0.1) is 18.6 Å². The van der Waals surface area contributed by atoms with Gasteiger partial charge in [-0.25, -0.2) is 4.79 Å². The van der Waals surface area contributed by atoms with Gasteiger partial charge in [-0.05, 0) is 30.0 Å². The van der Waals surface area contributed by atoms with E-state index in [-0.39, 0.29) is 5.91 Å². The summed E-state index contributed by atoms with van der Waals surface area (Å²) in [4.78, 5) is 26.7. The number of amides is 1. The number of nitrogens with one attached hydrogen (secondary N) is 1. The van der Waals surface area contributed by atoms with Gasteiger partial charge in [-0.1, -0.05) is 67.6 Å². The Morgan fingerprint density at radius 1 is 1.00 bits per heavy atom. The van der Waals surface area contributed by atoms with Crippen molar-refractivity contribution >= 4 is 28.2 Å². The van der Waals surface area contributed by atoms with Gasteiger partial charge >= 0.3 is 5.97 Å². The molecule has 0 unspecified atom stereocenters. The molecule has 1 N–H and O–H groups in total. The molecule has 1 amide bonds. The molecule has 0 aliphatic heterocycles. The van der Waals surface area contributed by atoms with E-state index in [0.29, 0.717) is 17.0 Å². The molecule has 3 aromatic rings. The second kappa shape index (κ2) is 8.85. The van der Waals surface area contributed by atoms with Gasteiger partial charge in [-0.3, -0.25) is 4.79 Å². The van der Waals surface area contributed by atoms with Crippen LogP contribution in [-0.4, -0.2) is 19.0 Å². The zero-order valence-electron chi connectivity index (χ0n) is 16.2. The summed E-state index contributed by atoms with van der Waals surface area (Å²) in [6.07, 6.45) is 0.698. The summed E-state index contributed by atoms with van der Waals surface area (Å²) < 4.78 is 4.96. The minimum Gasteiger partial charge on any atom is -0.465 e. The number of ether oxygens (including phenoxy) is 1. The average molecular weight is 394 g/mol. The molecule has 1 aromatic heterocycles. The third kappa shape index (κ3) is 3.99. The largest absolute Gasteiger partial charge is 0.465 e. The molecule has 0 fully saturated rings. The lowest BCUT2D eigenvalue weighted by atomic mass is 9.90. The molecule has 0 saturated heterocycles. The smallest absolute Gasteiger partial charge is 0.341 e. The van der Waals surface area contributed by atoms with Crippen LogP contribution in [0.1, 0.15) is 44.8 Å². The Morgan fingerprint density at radius 2 is 1.54 bits per heavy atom. The highest BCUT2D eigenvalue weighted by Crippen LogP contribution is 2.35. The second-order valence-corrected chi connectivity index (χ2v) is 7.65. The van der Waals surface area contributed by atoms with Gasteiger partial charge in [0.15, 0.2) is 0 Å². The molecule has 4 nitrogen and oxygen atoms in total. The van der Waals surface area contributed by atoms with Crippen LogP contribution < -0.4 is 5.32 Å². The van der Waals surface area contributed by atoms with Gasteiger partial charge in [0.1, 0.15) is 5.00 Å². The number of thiophene rings is 1. The van der Waals surface area contributed by atoms with E-state index < -0.39 is 11.9 Å². The van der Waals surface area contributed by atoms with Crippen LogP contribution in [0.5, 0.6) is 0 Å². The van der Waals surface area contributed by atoms with Crippen molar-refractivity contribution in [3.63, 3.8) is 0 Å². The molecule has 5 heteroatoms. The number of hydrogen-bond donors (Lipinski definition) is 1. The first kappa shape index (κ1) is 19.8. The Morgan fingerprint density at radius 3 is 2.00 bits per heavy atom. The highest BCUT2D eigenvalue weighted by molar-refractivity contribution is 7.16. The van der Waals surface area contributed by atoms with Crippen molar-refractivity contribution in [3.8, 4) is 0 Å². The summed E-state index contributed by atoms with van der Waals surface area (Å²) in [5.74, 6) is -1.07. The number of rotatable bonds is 6. The molecule has 0 radical (unpaired) electrons. The number of aryl methyl sites for hydroxylation is 1. The van der Waals surface area contributed by atoms with Crippen LogP contribution in [-0.2, 0) is 16.0 Å². The van der Waals surface area contributed by atoms with Crippen LogP contribution in [0, 0.1) is 6.92 Å². The van der Waals surface area contributed by atoms with Gasteiger partial charge in [0.2, 0.25) is 5.91 Å². The minimum atomic E-state index is -0.472. The van der Waals surface area contributed by atoms with Gasteiger partial charge in [-0.2, -0.15) is 0 Å². The summed E-state index contributed by atoms with van der Waals surface area (Å²) in [7, 11) is 1.36. The SMILES string of the molecule is CCc1c(C)sc(NC(=O)C(c2ccccc2)c2ccccc2)c1C(=O)OC. The lowest BCUT2D eigenvalue weighted by molar-refractivity contribution is -0.116. The first-order valence-corrected chi connectivity index (χ1v) is 9.99. The van der Waals surface area contributed by atoms with Gasteiger partial charge < -0.3 is 10.1 Å². The number of carbonyl (C=O) groups is 2. The van der Waals surface area contributed by atoms with Gasteiger partial charge in [0, 0.05) is 4.88 Å². The normalized spacial score (nSPS) is 10.7. The predicted octanol–water partition coefficient (Wildman–Crippen LogP) is 5.18. The van der Waals surface area contributed by atoms with Crippen LogP contribution in [0.15, 0.2) is 60.7 Å². The molecule has 0 aliphatic carbocycles. The van der Waals surface area contributed by atoms with Crippen molar-refractivity contribution in [2.24, 2.45) is 0 Å². The van der Waals surface area contributed by atoms with E-state index in [1.165, 1.54) is 18.4 Å². The van der Waals surface area contributed by atoms with Crippen LogP contribution in [0.3, 0.4) is 0 Å². The maximum atomic E-state index is 13.3. The highest BCUT2D eigenvalue weighted by atomic mass is 32.1. The number of methoxy groups -OCH3 is 1. The predicted molar refractivity (Wildman–Crippen MR) is 113 cm³/mol. The van der Waals surface area contributed by atoms with Crippen LogP contribution >= 0.6 is 11.3 Å². The summed E-state index contributed by atoms with van der Waals surface area (Å²) in [5.41, 5.74) is 3.17. The Kier molecular flexibility index (Phi) is 6.26. The van der Waals surface area contributed by atoms with E-state index in [0.717, 1.165) is 21.6 Å². The Bertz CT molecular complexity index is 925. The Labute approximate surface area is 169 Å². The highest BCUT2D eigenvalue weighted by Gasteiger charge is 2.27. The molecular formula is C23H23NO3S. The van der Waals surface area contributed by atoms with Crippen molar-refractivity contribution < 1.29 is 14.3 Å². The fourth-order valence-corrected chi connectivity index (χ4v) is 4.52. The summed E-state index contributed by atoms with van der Waals surface area (Å²) in [6, 6.07) is 19.3. The average Bonchev–Trinajstić information content (AvgIpc) is 3.03. The standard InChI is InChI=1S/C23H23NO3S/c1-4-18-15(2)28-22(20(18)23(26)27-3)24-21(25)19(16-11-7-5-8-12-16)17-13-9-6-10-14-17/h5-14,19H,4H2,1-3H3,(H,24,25). The van der Waals surface area contributed by atoms with Crippen molar-refractivity contribution in [2.45, 2.75) is 26.2 Å². The molecule has 2 aromatic carbocycles. The Balaban J connectivity index is 2.01. The summed E-state index contributed by atoms with van der Waals surface area (Å²) >= 11 is 1.41. The topological polar surface area (TPSA) is 55.4 Å². The van der Waals surface area contributed by atoms with E-state index in [9.17, 15) is 9.59 Å². The fraction of sp³-hybridized carbons (Fsp3) is 0.217. The fourth-order valence-electron chi connectivity index (χ4n) is 3.38. The molecule has 0 atom stereocenters. The zero-order chi connectivity index (χ0) is 20.1. The lowest BCUT2D eigenvalue weighted by Crippen LogP contribution is -2.23. The zero-order valence-corrected chi connectivity index (χ0v) is 17.0. The first-order chi connectivity index (χ1) is 13.6. The van der Waals surface area contributed by atoms with Crippen LogP contribution in [0.25, 0.3) is 0 Å². The molecule has 0 saturated carbocycles. The number of carbonyl (C=O) groups excluding carboxylic acids is 2. The third-order valence-electron chi connectivity index (χ3n) is 4.72. The quantitative estimate of drug-likeness (QED) is 0.587. The van der Waals surface area contributed by atoms with E-state index >= 15 is 0 Å². The lowest BCUT2D eigenvalue weighted by Gasteiger charge is -2.18. The van der Waals surface area contributed by atoms with Crippen LogP contribution in [0.2, 0.25) is 0 Å². The number of anilines is 1. The molecule has 28 heavy (non-hydrogen) atoms. The second-order valence-electron chi connectivity index (χ2n) is 6.43. The molecule has 0 aliphatic rings. The number of esters is 1. The van der Waals surface area contributed by atoms with E-state index in [1.807, 2.05) is 74.5 Å². The maximum Gasteiger partial charge on any atom is 0.341 e. The van der Waals surface area contributed by atoms with E-state index in [1.54, 1.807) is 0 Å². The first-order valence-electron chi connectivity index (χ1n) is 9.18. The Hall–Kier alpha value is -2.92. The van der Waals surface area contributed by atoms with Crippen molar-refractivity contribution in [3.05, 3.63) is 87.8 Å².